The molecule has 2 aliphatic rings. The molecule has 2 aliphatic heterocycles. The molecule has 23 heavy (non-hydrogen) atoms. The summed E-state index contributed by atoms with van der Waals surface area (Å²) in [4.78, 5) is 27.1. The molecule has 1 aromatic rings. The first-order valence-corrected chi connectivity index (χ1v) is 7.73. The molecule has 0 saturated carbocycles. The number of nitrogens with one attached hydrogen (secondary N) is 1. The van der Waals surface area contributed by atoms with Crippen LogP contribution in [-0.4, -0.2) is 74.1 Å². The Bertz CT molecular complexity index is 592. The Morgan fingerprint density at radius 1 is 1.39 bits per heavy atom. The van der Waals surface area contributed by atoms with Gasteiger partial charge >= 0.3 is 0 Å². The summed E-state index contributed by atoms with van der Waals surface area (Å²) < 4.78 is 11.5. The van der Waals surface area contributed by atoms with E-state index in [4.69, 9.17) is 9.47 Å². The number of likely N-dealkylation sites (N-methyl/N-ethyl adjacent to an activating group) is 1. The monoisotopic (exact) mass is 319 g/mol. The van der Waals surface area contributed by atoms with E-state index >= 15 is 0 Å². The first-order chi connectivity index (χ1) is 11.1. The van der Waals surface area contributed by atoms with Crippen LogP contribution in [0.15, 0.2) is 24.3 Å². The van der Waals surface area contributed by atoms with Crippen molar-refractivity contribution in [2.45, 2.75) is 6.10 Å². The van der Waals surface area contributed by atoms with Crippen LogP contribution in [0.2, 0.25) is 0 Å². The molecule has 0 radical (unpaired) electrons. The lowest BCUT2D eigenvalue weighted by atomic mass is 10.2. The maximum atomic E-state index is 12.3. The molecule has 2 heterocycles. The predicted molar refractivity (Wildman–Crippen MR) is 83.4 cm³/mol. The third kappa shape index (κ3) is 3.92. The molecule has 3 rings (SSSR count). The zero-order valence-electron chi connectivity index (χ0n) is 13.2. The van der Waals surface area contributed by atoms with Crippen LogP contribution in [-0.2, 0) is 9.59 Å². The number of hydrogen-bond donors (Lipinski definition) is 1. The van der Waals surface area contributed by atoms with E-state index in [9.17, 15) is 9.59 Å². The van der Waals surface area contributed by atoms with Crippen LogP contribution in [0.3, 0.4) is 0 Å². The zero-order valence-corrected chi connectivity index (χ0v) is 13.2. The van der Waals surface area contributed by atoms with Crippen molar-refractivity contribution in [2.24, 2.45) is 0 Å². The second-order valence-electron chi connectivity index (χ2n) is 5.83. The molecule has 0 aliphatic carbocycles. The van der Waals surface area contributed by atoms with E-state index in [2.05, 4.69) is 5.32 Å². The minimum atomic E-state index is -0.191. The first kappa shape index (κ1) is 15.6. The van der Waals surface area contributed by atoms with Gasteiger partial charge in [-0.25, -0.2) is 0 Å². The van der Waals surface area contributed by atoms with E-state index in [1.807, 2.05) is 29.2 Å². The summed E-state index contributed by atoms with van der Waals surface area (Å²) in [6.07, 6.45) is -0.191. The largest absolute Gasteiger partial charge is 0.486 e. The molecule has 7 heteroatoms. The standard InChI is InChI=1S/C16H21N3O4/c1-18(16(21)10-19-7-6-17-15(20)9-19)8-12-11-22-13-4-2-3-5-14(13)23-12/h2-5,12H,6-11H2,1H3,(H,17,20). The molecular weight excluding hydrogens is 298 g/mol. The van der Waals surface area contributed by atoms with E-state index in [-0.39, 0.29) is 31.0 Å². The van der Waals surface area contributed by atoms with E-state index in [0.717, 1.165) is 5.75 Å². The van der Waals surface area contributed by atoms with Crippen LogP contribution in [0.25, 0.3) is 0 Å². The Morgan fingerprint density at radius 3 is 2.96 bits per heavy atom. The zero-order chi connectivity index (χ0) is 16.2. The second kappa shape index (κ2) is 6.87. The summed E-state index contributed by atoms with van der Waals surface area (Å²) >= 11 is 0. The van der Waals surface area contributed by atoms with Crippen LogP contribution in [0.5, 0.6) is 11.5 Å². The van der Waals surface area contributed by atoms with E-state index in [1.54, 1.807) is 11.9 Å². The Hall–Kier alpha value is -2.28. The van der Waals surface area contributed by atoms with Crippen molar-refractivity contribution in [1.82, 2.24) is 15.1 Å². The van der Waals surface area contributed by atoms with Gasteiger partial charge in [0.05, 0.1) is 19.6 Å². The lowest BCUT2D eigenvalue weighted by Gasteiger charge is -2.31. The average Bonchev–Trinajstić information content (AvgIpc) is 2.54. The van der Waals surface area contributed by atoms with Crippen molar-refractivity contribution in [3.8, 4) is 11.5 Å². The quantitative estimate of drug-likeness (QED) is 0.826. The van der Waals surface area contributed by atoms with E-state index < -0.39 is 0 Å². The molecule has 1 fully saturated rings. The number of hydrogen-bond acceptors (Lipinski definition) is 5. The molecule has 1 atom stereocenters. The average molecular weight is 319 g/mol. The van der Waals surface area contributed by atoms with Gasteiger partial charge in [-0.05, 0) is 12.1 Å². The second-order valence-corrected chi connectivity index (χ2v) is 5.83. The topological polar surface area (TPSA) is 71.1 Å². The number of fused-ring (bicyclic) bond motifs is 1. The molecule has 2 amide bonds. The van der Waals surface area contributed by atoms with Crippen molar-refractivity contribution < 1.29 is 19.1 Å². The fraction of sp³-hybridized carbons (Fsp3) is 0.500. The third-order valence-electron chi connectivity index (χ3n) is 3.95. The Morgan fingerprint density at radius 2 is 2.17 bits per heavy atom. The number of rotatable bonds is 4. The minimum absolute atomic E-state index is 0.0258. The summed E-state index contributed by atoms with van der Waals surface area (Å²) in [6, 6.07) is 7.51. The van der Waals surface area contributed by atoms with Gasteiger partial charge in [-0.15, -0.1) is 0 Å². The van der Waals surface area contributed by atoms with Gasteiger partial charge in [-0.2, -0.15) is 0 Å². The Kier molecular flexibility index (Phi) is 4.66. The number of para-hydroxylation sites is 2. The van der Waals surface area contributed by atoms with Gasteiger partial charge in [0.15, 0.2) is 17.6 Å². The minimum Gasteiger partial charge on any atom is -0.486 e. The molecule has 1 saturated heterocycles. The van der Waals surface area contributed by atoms with Crippen molar-refractivity contribution in [1.29, 1.82) is 0 Å². The highest BCUT2D eigenvalue weighted by molar-refractivity contribution is 5.81. The number of carbonyl (C=O) groups is 2. The van der Waals surface area contributed by atoms with Crippen molar-refractivity contribution in [3.05, 3.63) is 24.3 Å². The highest BCUT2D eigenvalue weighted by atomic mass is 16.6. The van der Waals surface area contributed by atoms with Crippen molar-refractivity contribution >= 4 is 11.8 Å². The van der Waals surface area contributed by atoms with Crippen LogP contribution >= 0.6 is 0 Å². The van der Waals surface area contributed by atoms with Gasteiger partial charge in [0.25, 0.3) is 0 Å². The summed E-state index contributed by atoms with van der Waals surface area (Å²) in [5, 5.41) is 2.75. The molecule has 124 valence electrons. The van der Waals surface area contributed by atoms with Gasteiger partial charge in [0.2, 0.25) is 11.8 Å². The molecule has 1 N–H and O–H groups in total. The van der Waals surface area contributed by atoms with Crippen molar-refractivity contribution in [3.63, 3.8) is 0 Å². The van der Waals surface area contributed by atoms with Crippen LogP contribution in [0.1, 0.15) is 0 Å². The smallest absolute Gasteiger partial charge is 0.236 e. The summed E-state index contributed by atoms with van der Waals surface area (Å²) in [5.41, 5.74) is 0. The maximum Gasteiger partial charge on any atom is 0.236 e. The van der Waals surface area contributed by atoms with Gasteiger partial charge < -0.3 is 19.7 Å². The van der Waals surface area contributed by atoms with Crippen LogP contribution in [0, 0.1) is 0 Å². The lowest BCUT2D eigenvalue weighted by Crippen LogP contribution is -2.51. The molecule has 0 spiro atoms. The molecule has 1 unspecified atom stereocenters. The third-order valence-corrected chi connectivity index (χ3v) is 3.95. The molecule has 0 bridgehead atoms. The van der Waals surface area contributed by atoms with Gasteiger partial charge in [0, 0.05) is 20.1 Å². The lowest BCUT2D eigenvalue weighted by molar-refractivity contribution is -0.134. The maximum absolute atomic E-state index is 12.3. The summed E-state index contributed by atoms with van der Waals surface area (Å²) in [7, 11) is 1.75. The highest BCUT2D eigenvalue weighted by Gasteiger charge is 2.25. The van der Waals surface area contributed by atoms with Crippen LogP contribution in [0.4, 0.5) is 0 Å². The first-order valence-electron chi connectivity index (χ1n) is 7.73. The number of nitrogens with zero attached hydrogens (tertiary/aromatic N) is 2. The molecular formula is C16H21N3O4. The fourth-order valence-electron chi connectivity index (χ4n) is 2.70. The summed E-state index contributed by atoms with van der Waals surface area (Å²) in [6.45, 7) is 2.67. The van der Waals surface area contributed by atoms with E-state index in [1.165, 1.54) is 0 Å². The predicted octanol–water partition coefficient (Wildman–Crippen LogP) is -0.283. The summed E-state index contributed by atoms with van der Waals surface area (Å²) in [5.74, 6) is 1.38. The Labute approximate surface area is 135 Å². The van der Waals surface area contributed by atoms with Crippen LogP contribution < -0.4 is 14.8 Å². The molecule has 0 aromatic heterocycles. The number of carbonyl (C=O) groups excluding carboxylic acids is 2. The highest BCUT2D eigenvalue weighted by Crippen LogP contribution is 2.30. The number of benzene rings is 1. The van der Waals surface area contributed by atoms with Gasteiger partial charge in [0.1, 0.15) is 6.61 Å². The number of piperazine rings is 1. The molecule has 1 aromatic carbocycles. The Balaban J connectivity index is 1.50. The normalized spacial score (nSPS) is 20.7. The van der Waals surface area contributed by atoms with Crippen molar-refractivity contribution in [2.75, 3.05) is 46.4 Å². The SMILES string of the molecule is CN(CC1COc2ccccc2O1)C(=O)CN1CCNC(=O)C1. The van der Waals surface area contributed by atoms with Gasteiger partial charge in [-0.3, -0.25) is 14.5 Å². The molecule has 7 nitrogen and oxygen atoms in total. The van der Waals surface area contributed by atoms with Gasteiger partial charge in [-0.1, -0.05) is 12.1 Å². The van der Waals surface area contributed by atoms with E-state index in [0.29, 0.717) is 32.0 Å². The number of amides is 2. The number of ether oxygens (including phenoxy) is 2. The fourth-order valence-corrected chi connectivity index (χ4v) is 2.70.